The Morgan fingerprint density at radius 3 is 2.26 bits per heavy atom. The van der Waals surface area contributed by atoms with Crippen LogP contribution in [0.3, 0.4) is 0 Å². The molecule has 0 aliphatic heterocycles. The fourth-order valence-corrected chi connectivity index (χ4v) is 3.32. The third-order valence-corrected chi connectivity index (χ3v) is 4.73. The van der Waals surface area contributed by atoms with Gasteiger partial charge in [-0.3, -0.25) is 0 Å². The first-order chi connectivity index (χ1) is 9.04. The van der Waals surface area contributed by atoms with Gasteiger partial charge in [0.25, 0.3) is 0 Å². The number of benzene rings is 1. The third-order valence-electron chi connectivity index (χ3n) is 4.73. The number of rotatable bonds is 3. The lowest BCUT2D eigenvalue weighted by atomic mass is 9.72. The molecule has 2 rings (SSSR count). The molecule has 19 heavy (non-hydrogen) atoms. The topological polar surface area (TPSA) is 12.0 Å². The van der Waals surface area contributed by atoms with Crippen LogP contribution in [0, 0.1) is 29.4 Å². The molecule has 1 aromatic rings. The molecule has 0 bridgehead atoms. The summed E-state index contributed by atoms with van der Waals surface area (Å²) in [5.74, 6) is 0.752. The highest BCUT2D eigenvalue weighted by molar-refractivity contribution is 5.24. The lowest BCUT2D eigenvalue weighted by molar-refractivity contribution is 0.171. The van der Waals surface area contributed by atoms with Gasteiger partial charge in [0.05, 0.1) is 0 Å². The highest BCUT2D eigenvalue weighted by Crippen LogP contribution is 2.40. The zero-order chi connectivity index (χ0) is 14.0. The van der Waals surface area contributed by atoms with Crippen LogP contribution in [0.2, 0.25) is 0 Å². The Bertz CT molecular complexity index is 413. The van der Waals surface area contributed by atoms with Crippen molar-refractivity contribution in [3.63, 3.8) is 0 Å². The first kappa shape index (κ1) is 14.4. The molecule has 4 atom stereocenters. The minimum Gasteiger partial charge on any atom is -0.313 e. The van der Waals surface area contributed by atoms with Crippen LogP contribution in [-0.2, 0) is 0 Å². The molecule has 1 aromatic carbocycles. The molecule has 1 saturated carbocycles. The van der Waals surface area contributed by atoms with E-state index >= 15 is 0 Å². The van der Waals surface area contributed by atoms with Crippen molar-refractivity contribution in [2.24, 2.45) is 17.8 Å². The van der Waals surface area contributed by atoms with Gasteiger partial charge in [0, 0.05) is 11.6 Å². The second-order valence-corrected chi connectivity index (χ2v) is 5.93. The molecule has 0 spiro atoms. The third kappa shape index (κ3) is 2.97. The fourth-order valence-electron chi connectivity index (χ4n) is 3.32. The molecule has 1 aliphatic rings. The average molecular weight is 267 g/mol. The lowest BCUT2D eigenvalue weighted by Gasteiger charge is -2.37. The van der Waals surface area contributed by atoms with E-state index in [1.54, 1.807) is 7.05 Å². The summed E-state index contributed by atoms with van der Waals surface area (Å²) in [5.41, 5.74) is 0.205. The van der Waals surface area contributed by atoms with Crippen molar-refractivity contribution >= 4 is 0 Å². The standard InChI is InChI=1S/C16H23F2N/c1-10-7-8-12(9-11(10)2)16(19-3)15-13(17)5-4-6-14(15)18/h4-6,10-12,16,19H,7-9H2,1-3H3. The summed E-state index contributed by atoms with van der Waals surface area (Å²) in [4.78, 5) is 0. The van der Waals surface area contributed by atoms with Crippen LogP contribution < -0.4 is 5.32 Å². The summed E-state index contributed by atoms with van der Waals surface area (Å²) in [6, 6.07) is 3.89. The van der Waals surface area contributed by atoms with Gasteiger partial charge in [-0.1, -0.05) is 26.3 Å². The molecule has 1 aliphatic carbocycles. The Morgan fingerprint density at radius 2 is 1.74 bits per heavy atom. The van der Waals surface area contributed by atoms with Gasteiger partial charge >= 0.3 is 0 Å². The van der Waals surface area contributed by atoms with Crippen LogP contribution in [0.1, 0.15) is 44.7 Å². The zero-order valence-electron chi connectivity index (χ0n) is 11.9. The molecule has 1 nitrogen and oxygen atoms in total. The SMILES string of the molecule is CNC(c1c(F)cccc1F)C1CCC(C)C(C)C1. The van der Waals surface area contributed by atoms with E-state index in [9.17, 15) is 8.78 Å². The summed E-state index contributed by atoms with van der Waals surface area (Å²) < 4.78 is 27.9. The Kier molecular flexibility index (Phi) is 4.56. The van der Waals surface area contributed by atoms with Gasteiger partial charge in [-0.2, -0.15) is 0 Å². The molecule has 3 heteroatoms. The van der Waals surface area contributed by atoms with E-state index in [2.05, 4.69) is 19.2 Å². The molecular weight excluding hydrogens is 244 g/mol. The number of nitrogens with one attached hydrogen (secondary N) is 1. The van der Waals surface area contributed by atoms with Crippen LogP contribution in [0.4, 0.5) is 8.78 Å². The molecule has 4 unspecified atom stereocenters. The van der Waals surface area contributed by atoms with E-state index in [-0.39, 0.29) is 11.6 Å². The van der Waals surface area contributed by atoms with Gasteiger partial charge in [0.15, 0.2) is 0 Å². The van der Waals surface area contributed by atoms with E-state index < -0.39 is 11.6 Å². The van der Waals surface area contributed by atoms with Crippen LogP contribution >= 0.6 is 0 Å². The van der Waals surface area contributed by atoms with Crippen molar-refractivity contribution < 1.29 is 8.78 Å². The number of hydrogen-bond acceptors (Lipinski definition) is 1. The molecule has 1 fully saturated rings. The highest BCUT2D eigenvalue weighted by Gasteiger charge is 2.32. The number of hydrogen-bond donors (Lipinski definition) is 1. The molecule has 0 heterocycles. The Morgan fingerprint density at radius 1 is 1.11 bits per heavy atom. The van der Waals surface area contributed by atoms with Gasteiger partial charge in [-0.15, -0.1) is 0 Å². The molecule has 1 N–H and O–H groups in total. The van der Waals surface area contributed by atoms with Crippen LogP contribution in [0.15, 0.2) is 18.2 Å². The summed E-state index contributed by atoms with van der Waals surface area (Å²) in [5, 5.41) is 3.13. The van der Waals surface area contributed by atoms with Gasteiger partial charge in [0.2, 0.25) is 0 Å². The Balaban J connectivity index is 2.25. The van der Waals surface area contributed by atoms with Crippen LogP contribution in [-0.4, -0.2) is 7.05 Å². The molecule has 0 amide bonds. The van der Waals surface area contributed by atoms with Gasteiger partial charge in [-0.25, -0.2) is 8.78 Å². The van der Waals surface area contributed by atoms with Crippen molar-refractivity contribution in [3.8, 4) is 0 Å². The zero-order valence-corrected chi connectivity index (χ0v) is 11.9. The maximum atomic E-state index is 13.9. The summed E-state index contributed by atoms with van der Waals surface area (Å²) >= 11 is 0. The van der Waals surface area contributed by atoms with E-state index in [0.717, 1.165) is 19.3 Å². The van der Waals surface area contributed by atoms with E-state index in [4.69, 9.17) is 0 Å². The minimum atomic E-state index is -0.439. The maximum Gasteiger partial charge on any atom is 0.130 e. The summed E-state index contributed by atoms with van der Waals surface area (Å²) in [6.07, 6.45) is 3.20. The van der Waals surface area contributed by atoms with E-state index in [0.29, 0.717) is 17.8 Å². The van der Waals surface area contributed by atoms with E-state index in [1.807, 2.05) is 0 Å². The maximum absolute atomic E-state index is 13.9. The first-order valence-corrected chi connectivity index (χ1v) is 7.15. The average Bonchev–Trinajstić information content (AvgIpc) is 2.37. The molecular formula is C16H23F2N. The molecule has 106 valence electrons. The number of halogens is 2. The highest BCUT2D eigenvalue weighted by atomic mass is 19.1. The van der Waals surface area contributed by atoms with Crippen molar-refractivity contribution in [2.45, 2.75) is 39.2 Å². The molecule has 0 aromatic heterocycles. The second kappa shape index (κ2) is 6.00. The van der Waals surface area contributed by atoms with Crippen LogP contribution in [0.5, 0.6) is 0 Å². The predicted octanol–water partition coefficient (Wildman–Crippen LogP) is 4.30. The molecule has 0 radical (unpaired) electrons. The molecule has 0 saturated heterocycles. The van der Waals surface area contributed by atoms with Crippen molar-refractivity contribution in [1.29, 1.82) is 0 Å². The minimum absolute atomic E-state index is 0.205. The smallest absolute Gasteiger partial charge is 0.130 e. The quantitative estimate of drug-likeness (QED) is 0.861. The fraction of sp³-hybridized carbons (Fsp3) is 0.625. The lowest BCUT2D eigenvalue weighted by Crippen LogP contribution is -2.32. The van der Waals surface area contributed by atoms with Crippen molar-refractivity contribution in [3.05, 3.63) is 35.4 Å². The van der Waals surface area contributed by atoms with Crippen molar-refractivity contribution in [1.82, 2.24) is 5.32 Å². The predicted molar refractivity (Wildman–Crippen MR) is 73.8 cm³/mol. The summed E-state index contributed by atoms with van der Waals surface area (Å²) in [6.45, 7) is 4.50. The van der Waals surface area contributed by atoms with Gasteiger partial charge in [0.1, 0.15) is 11.6 Å². The second-order valence-electron chi connectivity index (χ2n) is 5.93. The van der Waals surface area contributed by atoms with Gasteiger partial charge < -0.3 is 5.32 Å². The normalized spacial score (nSPS) is 29.2. The van der Waals surface area contributed by atoms with Gasteiger partial charge in [-0.05, 0) is 49.8 Å². The monoisotopic (exact) mass is 267 g/mol. The van der Waals surface area contributed by atoms with Crippen LogP contribution in [0.25, 0.3) is 0 Å². The first-order valence-electron chi connectivity index (χ1n) is 7.15. The Hall–Kier alpha value is -0.960. The largest absolute Gasteiger partial charge is 0.313 e. The Labute approximate surface area is 114 Å². The van der Waals surface area contributed by atoms with Crippen molar-refractivity contribution in [2.75, 3.05) is 7.05 Å². The van der Waals surface area contributed by atoms with E-state index in [1.165, 1.54) is 18.2 Å². The summed E-state index contributed by atoms with van der Waals surface area (Å²) in [7, 11) is 1.79.